The highest BCUT2D eigenvalue weighted by Crippen LogP contribution is 2.28. The summed E-state index contributed by atoms with van der Waals surface area (Å²) >= 11 is 0. The SMILES string of the molecule is CCCCCCOc1ccc(C(=O)NC(Cn2cncn2)c2ccccc2)cc1OC. The first-order valence-corrected chi connectivity index (χ1v) is 10.7. The van der Waals surface area contributed by atoms with E-state index in [1.54, 1.807) is 36.3 Å². The van der Waals surface area contributed by atoms with Crippen molar-refractivity contribution in [3.63, 3.8) is 0 Å². The van der Waals surface area contributed by atoms with Crippen LogP contribution in [-0.4, -0.2) is 34.4 Å². The molecule has 3 aromatic rings. The van der Waals surface area contributed by atoms with Crippen molar-refractivity contribution >= 4 is 5.91 Å². The zero-order valence-electron chi connectivity index (χ0n) is 18.2. The van der Waals surface area contributed by atoms with E-state index in [9.17, 15) is 4.79 Å². The van der Waals surface area contributed by atoms with E-state index in [0.29, 0.717) is 30.2 Å². The molecule has 1 N–H and O–H groups in total. The summed E-state index contributed by atoms with van der Waals surface area (Å²) in [4.78, 5) is 17.0. The van der Waals surface area contributed by atoms with Gasteiger partial charge in [-0.2, -0.15) is 5.10 Å². The van der Waals surface area contributed by atoms with Crippen molar-refractivity contribution in [2.45, 2.75) is 45.2 Å². The lowest BCUT2D eigenvalue weighted by molar-refractivity contribution is 0.0931. The van der Waals surface area contributed by atoms with Crippen molar-refractivity contribution in [1.82, 2.24) is 20.1 Å². The molecule has 31 heavy (non-hydrogen) atoms. The molecule has 2 aromatic carbocycles. The van der Waals surface area contributed by atoms with Crippen molar-refractivity contribution in [1.29, 1.82) is 0 Å². The second-order valence-corrected chi connectivity index (χ2v) is 7.33. The lowest BCUT2D eigenvalue weighted by Gasteiger charge is -2.20. The zero-order valence-corrected chi connectivity index (χ0v) is 18.2. The first kappa shape index (κ1) is 22.3. The van der Waals surface area contributed by atoms with Crippen molar-refractivity contribution < 1.29 is 14.3 Å². The molecule has 0 spiro atoms. The fourth-order valence-corrected chi connectivity index (χ4v) is 3.31. The Kier molecular flexibility index (Phi) is 8.46. The number of unbranched alkanes of at least 4 members (excludes halogenated alkanes) is 3. The van der Waals surface area contributed by atoms with Crippen LogP contribution in [0.2, 0.25) is 0 Å². The maximum absolute atomic E-state index is 13.0. The number of hydrogen-bond acceptors (Lipinski definition) is 5. The van der Waals surface area contributed by atoms with E-state index < -0.39 is 0 Å². The number of rotatable bonds is 12. The Labute approximate surface area is 183 Å². The summed E-state index contributed by atoms with van der Waals surface area (Å²) in [6.07, 6.45) is 7.66. The van der Waals surface area contributed by atoms with Gasteiger partial charge >= 0.3 is 0 Å². The van der Waals surface area contributed by atoms with Crippen molar-refractivity contribution in [2.75, 3.05) is 13.7 Å². The minimum atomic E-state index is -0.254. The number of methoxy groups -OCH3 is 1. The summed E-state index contributed by atoms with van der Waals surface area (Å²) in [5.74, 6) is 1.01. The van der Waals surface area contributed by atoms with Gasteiger partial charge in [-0.05, 0) is 30.2 Å². The van der Waals surface area contributed by atoms with E-state index in [4.69, 9.17) is 9.47 Å². The molecule has 1 heterocycles. The average molecular weight is 423 g/mol. The third kappa shape index (κ3) is 6.57. The third-order valence-electron chi connectivity index (χ3n) is 5.02. The maximum atomic E-state index is 13.0. The lowest BCUT2D eigenvalue weighted by Crippen LogP contribution is -2.31. The van der Waals surface area contributed by atoms with Gasteiger partial charge in [-0.1, -0.05) is 56.5 Å². The molecule has 7 heteroatoms. The zero-order chi connectivity index (χ0) is 21.9. The van der Waals surface area contributed by atoms with Crippen molar-refractivity contribution in [3.8, 4) is 11.5 Å². The quantitative estimate of drug-likeness (QED) is 0.437. The number of aromatic nitrogens is 3. The molecule has 1 unspecified atom stereocenters. The molecule has 0 fully saturated rings. The molecule has 7 nitrogen and oxygen atoms in total. The molecule has 1 aromatic heterocycles. The predicted octanol–water partition coefficient (Wildman–Crippen LogP) is 4.42. The molecular formula is C24H30N4O3. The largest absolute Gasteiger partial charge is 0.493 e. The Morgan fingerprint density at radius 2 is 1.94 bits per heavy atom. The van der Waals surface area contributed by atoms with Crippen LogP contribution in [0.5, 0.6) is 11.5 Å². The third-order valence-corrected chi connectivity index (χ3v) is 5.02. The minimum absolute atomic E-state index is 0.193. The van der Waals surface area contributed by atoms with E-state index in [-0.39, 0.29) is 11.9 Å². The minimum Gasteiger partial charge on any atom is -0.493 e. The summed E-state index contributed by atoms with van der Waals surface area (Å²) in [5.41, 5.74) is 1.50. The number of carbonyl (C=O) groups is 1. The second kappa shape index (κ2) is 11.7. The normalized spacial score (nSPS) is 11.7. The van der Waals surface area contributed by atoms with Crippen molar-refractivity contribution in [2.24, 2.45) is 0 Å². The number of nitrogens with one attached hydrogen (secondary N) is 1. The number of ether oxygens (including phenoxy) is 2. The van der Waals surface area contributed by atoms with Gasteiger partial charge in [-0.15, -0.1) is 0 Å². The van der Waals surface area contributed by atoms with Crippen LogP contribution in [0.15, 0.2) is 61.2 Å². The van der Waals surface area contributed by atoms with Crippen LogP contribution < -0.4 is 14.8 Å². The Bertz CT molecular complexity index is 929. The smallest absolute Gasteiger partial charge is 0.251 e. The van der Waals surface area contributed by atoms with E-state index in [1.807, 2.05) is 30.3 Å². The molecule has 0 radical (unpaired) electrons. The molecule has 1 amide bonds. The summed E-state index contributed by atoms with van der Waals surface area (Å²) in [7, 11) is 1.58. The van der Waals surface area contributed by atoms with Gasteiger partial charge in [0.1, 0.15) is 12.7 Å². The van der Waals surface area contributed by atoms with E-state index >= 15 is 0 Å². The molecule has 1 atom stereocenters. The van der Waals surface area contributed by atoms with Gasteiger partial charge < -0.3 is 14.8 Å². The molecular weight excluding hydrogens is 392 g/mol. The summed E-state index contributed by atoms with van der Waals surface area (Å²) in [6, 6.07) is 14.8. The highest BCUT2D eigenvalue weighted by molar-refractivity contribution is 5.95. The van der Waals surface area contributed by atoms with Gasteiger partial charge in [0.25, 0.3) is 5.91 Å². The first-order valence-electron chi connectivity index (χ1n) is 10.7. The molecule has 0 aliphatic carbocycles. The number of carbonyl (C=O) groups excluding carboxylic acids is 1. The molecule has 0 aliphatic heterocycles. The summed E-state index contributed by atoms with van der Waals surface area (Å²) < 4.78 is 13.0. The van der Waals surface area contributed by atoms with Crippen LogP contribution in [0.4, 0.5) is 0 Å². The second-order valence-electron chi connectivity index (χ2n) is 7.33. The highest BCUT2D eigenvalue weighted by Gasteiger charge is 2.18. The molecule has 0 saturated heterocycles. The molecule has 0 bridgehead atoms. The van der Waals surface area contributed by atoms with Crippen LogP contribution in [0, 0.1) is 0 Å². The monoisotopic (exact) mass is 422 g/mol. The number of amides is 1. The van der Waals surface area contributed by atoms with Crippen LogP contribution >= 0.6 is 0 Å². The van der Waals surface area contributed by atoms with Gasteiger partial charge in [0, 0.05) is 5.56 Å². The van der Waals surface area contributed by atoms with Crippen LogP contribution in [0.25, 0.3) is 0 Å². The van der Waals surface area contributed by atoms with Gasteiger partial charge in [-0.3, -0.25) is 9.48 Å². The van der Waals surface area contributed by atoms with E-state index in [0.717, 1.165) is 18.4 Å². The number of nitrogens with zero attached hydrogens (tertiary/aromatic N) is 3. The van der Waals surface area contributed by atoms with E-state index in [1.165, 1.54) is 19.2 Å². The standard InChI is InChI=1S/C24H30N4O3/c1-3-4-5-9-14-31-22-13-12-20(15-23(22)30-2)24(29)27-21(16-28-18-25-17-26-28)19-10-7-6-8-11-19/h6-8,10-13,15,17-18,21H,3-5,9,14,16H2,1-2H3,(H,27,29). The van der Waals surface area contributed by atoms with Gasteiger partial charge in [0.15, 0.2) is 11.5 Å². The fourth-order valence-electron chi connectivity index (χ4n) is 3.31. The Morgan fingerprint density at radius 3 is 2.65 bits per heavy atom. The highest BCUT2D eigenvalue weighted by atomic mass is 16.5. The lowest BCUT2D eigenvalue weighted by atomic mass is 10.1. The molecule has 164 valence electrons. The number of benzene rings is 2. The number of hydrogen-bond donors (Lipinski definition) is 1. The fraction of sp³-hybridized carbons (Fsp3) is 0.375. The summed E-state index contributed by atoms with van der Waals surface area (Å²) in [5, 5.41) is 7.27. The summed E-state index contributed by atoms with van der Waals surface area (Å²) in [6.45, 7) is 3.30. The Morgan fingerprint density at radius 1 is 1.10 bits per heavy atom. The maximum Gasteiger partial charge on any atom is 0.251 e. The van der Waals surface area contributed by atoms with Crippen LogP contribution in [0.1, 0.15) is 54.6 Å². The van der Waals surface area contributed by atoms with E-state index in [2.05, 4.69) is 22.3 Å². The molecule has 0 saturated carbocycles. The van der Waals surface area contributed by atoms with Crippen LogP contribution in [0.3, 0.4) is 0 Å². The molecule has 3 rings (SSSR count). The predicted molar refractivity (Wildman–Crippen MR) is 119 cm³/mol. The van der Waals surface area contributed by atoms with Crippen molar-refractivity contribution in [3.05, 3.63) is 72.3 Å². The van der Waals surface area contributed by atoms with Gasteiger partial charge in [0.2, 0.25) is 0 Å². The average Bonchev–Trinajstić information content (AvgIpc) is 3.32. The van der Waals surface area contributed by atoms with Gasteiger partial charge in [-0.25, -0.2) is 4.98 Å². The first-order chi connectivity index (χ1) is 15.2. The Hall–Kier alpha value is -3.35. The van der Waals surface area contributed by atoms with Gasteiger partial charge in [0.05, 0.1) is 26.3 Å². The van der Waals surface area contributed by atoms with Crippen LogP contribution in [-0.2, 0) is 6.54 Å². The molecule has 0 aliphatic rings. The topological polar surface area (TPSA) is 78.3 Å². The Balaban J connectivity index is 1.69.